The molecule has 0 radical (unpaired) electrons. The summed E-state index contributed by atoms with van der Waals surface area (Å²) < 4.78 is 54.0. The molecule has 1 aliphatic heterocycles. The number of halogens is 3. The van der Waals surface area contributed by atoms with Crippen LogP contribution in [-0.2, 0) is 21.4 Å². The average Bonchev–Trinajstić information content (AvgIpc) is 2.68. The van der Waals surface area contributed by atoms with Crippen LogP contribution in [0.5, 0.6) is 0 Å². The first-order chi connectivity index (χ1) is 13.8. The Morgan fingerprint density at radius 2 is 1.59 bits per heavy atom. The number of sulfonamides is 1. The second-order valence-corrected chi connectivity index (χ2v) is 8.95. The van der Waals surface area contributed by atoms with Crippen molar-refractivity contribution in [3.05, 3.63) is 64.7 Å². The van der Waals surface area contributed by atoms with E-state index in [-0.39, 0.29) is 38.6 Å². The van der Waals surface area contributed by atoms with E-state index in [4.69, 9.17) is 11.6 Å². The van der Waals surface area contributed by atoms with Gasteiger partial charge in [0.05, 0.1) is 6.54 Å². The molecule has 3 rings (SSSR count). The minimum atomic E-state index is -4.28. The highest BCUT2D eigenvalue weighted by Crippen LogP contribution is 2.23. The van der Waals surface area contributed by atoms with Crippen LogP contribution in [-0.4, -0.2) is 56.3 Å². The standard InChI is InChI=1S/C19H20ClF2N3O3S/c20-15-6-4-14(5-7-15)12-23-18(26)13-24-8-10-25(11-9-24)29(27,28)19-16(21)2-1-3-17(19)22/h1-7H,8-13H2,(H,23,26). The number of nitrogens with one attached hydrogen (secondary N) is 1. The van der Waals surface area contributed by atoms with Gasteiger partial charge in [-0.25, -0.2) is 17.2 Å². The number of amides is 1. The number of carbonyl (C=O) groups is 1. The lowest BCUT2D eigenvalue weighted by Crippen LogP contribution is -2.51. The fourth-order valence-electron chi connectivity index (χ4n) is 3.05. The van der Waals surface area contributed by atoms with Crippen molar-refractivity contribution < 1.29 is 22.0 Å². The molecule has 0 unspecified atom stereocenters. The van der Waals surface area contributed by atoms with Gasteiger partial charge in [-0.15, -0.1) is 0 Å². The summed E-state index contributed by atoms with van der Waals surface area (Å²) in [5, 5.41) is 3.41. The van der Waals surface area contributed by atoms with Crippen LogP contribution in [0.4, 0.5) is 8.78 Å². The quantitative estimate of drug-likeness (QED) is 0.743. The number of hydrogen-bond acceptors (Lipinski definition) is 4. The topological polar surface area (TPSA) is 69.7 Å². The van der Waals surface area contributed by atoms with Crippen molar-refractivity contribution in [2.45, 2.75) is 11.4 Å². The van der Waals surface area contributed by atoms with Crippen molar-refractivity contribution in [2.24, 2.45) is 0 Å². The van der Waals surface area contributed by atoms with Gasteiger partial charge in [-0.1, -0.05) is 29.8 Å². The highest BCUT2D eigenvalue weighted by atomic mass is 35.5. The molecule has 2 aromatic rings. The Morgan fingerprint density at radius 3 is 2.17 bits per heavy atom. The van der Waals surface area contributed by atoms with E-state index in [1.807, 2.05) is 12.1 Å². The molecule has 6 nitrogen and oxygen atoms in total. The maximum absolute atomic E-state index is 13.9. The summed E-state index contributed by atoms with van der Waals surface area (Å²) in [7, 11) is -4.28. The van der Waals surface area contributed by atoms with Crippen molar-refractivity contribution in [3.8, 4) is 0 Å². The highest BCUT2D eigenvalue weighted by Gasteiger charge is 2.33. The first-order valence-corrected chi connectivity index (χ1v) is 10.8. The van der Waals surface area contributed by atoms with Crippen molar-refractivity contribution in [3.63, 3.8) is 0 Å². The van der Waals surface area contributed by atoms with E-state index in [0.29, 0.717) is 11.6 Å². The van der Waals surface area contributed by atoms with Crippen molar-refractivity contribution in [1.29, 1.82) is 0 Å². The van der Waals surface area contributed by atoms with Gasteiger partial charge in [0.15, 0.2) is 4.90 Å². The molecule has 1 aliphatic rings. The van der Waals surface area contributed by atoms with E-state index in [0.717, 1.165) is 28.1 Å². The molecule has 29 heavy (non-hydrogen) atoms. The Bertz CT molecular complexity index is 958. The molecule has 0 atom stereocenters. The third kappa shape index (κ3) is 5.30. The van der Waals surface area contributed by atoms with E-state index in [2.05, 4.69) is 5.32 Å². The molecule has 2 aromatic carbocycles. The molecular weight excluding hydrogens is 424 g/mol. The molecule has 156 valence electrons. The zero-order valence-corrected chi connectivity index (χ0v) is 17.0. The SMILES string of the molecule is O=C(CN1CCN(S(=O)(=O)c2c(F)cccc2F)CC1)NCc1ccc(Cl)cc1. The lowest BCUT2D eigenvalue weighted by atomic mass is 10.2. The third-order valence-electron chi connectivity index (χ3n) is 4.62. The predicted octanol–water partition coefficient (Wildman–Crippen LogP) is 2.24. The molecule has 0 spiro atoms. The molecule has 1 amide bonds. The molecule has 0 aromatic heterocycles. The number of benzene rings is 2. The summed E-state index contributed by atoms with van der Waals surface area (Å²) in [6.07, 6.45) is 0. The molecule has 0 bridgehead atoms. The van der Waals surface area contributed by atoms with Crippen molar-refractivity contribution in [2.75, 3.05) is 32.7 Å². The van der Waals surface area contributed by atoms with Crippen LogP contribution in [0.2, 0.25) is 5.02 Å². The fraction of sp³-hybridized carbons (Fsp3) is 0.316. The van der Waals surface area contributed by atoms with E-state index in [1.54, 1.807) is 17.0 Å². The van der Waals surface area contributed by atoms with Crippen LogP contribution in [0.15, 0.2) is 47.4 Å². The fourth-order valence-corrected chi connectivity index (χ4v) is 4.71. The minimum absolute atomic E-state index is 0.0422. The molecule has 1 heterocycles. The summed E-state index contributed by atoms with van der Waals surface area (Å²) >= 11 is 5.82. The Morgan fingerprint density at radius 1 is 1.00 bits per heavy atom. The predicted molar refractivity (Wildman–Crippen MR) is 105 cm³/mol. The van der Waals surface area contributed by atoms with Gasteiger partial charge in [-0.05, 0) is 29.8 Å². The zero-order valence-electron chi connectivity index (χ0n) is 15.4. The second-order valence-electron chi connectivity index (χ2n) is 6.63. The molecular formula is C19H20ClF2N3O3S. The van der Waals surface area contributed by atoms with E-state index in [9.17, 15) is 22.0 Å². The molecule has 1 fully saturated rings. The normalized spacial score (nSPS) is 16.0. The number of carbonyl (C=O) groups excluding carboxylic acids is 1. The monoisotopic (exact) mass is 443 g/mol. The van der Waals surface area contributed by atoms with Crippen LogP contribution in [0.25, 0.3) is 0 Å². The zero-order chi connectivity index (χ0) is 21.0. The molecule has 1 saturated heterocycles. The Hall–Kier alpha value is -2.07. The van der Waals surface area contributed by atoms with Gasteiger partial charge >= 0.3 is 0 Å². The lowest BCUT2D eigenvalue weighted by Gasteiger charge is -2.33. The highest BCUT2D eigenvalue weighted by molar-refractivity contribution is 7.89. The molecule has 10 heteroatoms. The summed E-state index contributed by atoms with van der Waals surface area (Å²) in [6, 6.07) is 10.0. The largest absolute Gasteiger partial charge is 0.351 e. The smallest absolute Gasteiger partial charge is 0.249 e. The minimum Gasteiger partial charge on any atom is -0.351 e. The van der Waals surface area contributed by atoms with Crippen LogP contribution in [0, 0.1) is 11.6 Å². The van der Waals surface area contributed by atoms with Crippen LogP contribution >= 0.6 is 11.6 Å². The van der Waals surface area contributed by atoms with Gasteiger partial charge in [0.2, 0.25) is 15.9 Å². The third-order valence-corrected chi connectivity index (χ3v) is 6.82. The number of rotatable bonds is 6. The van der Waals surface area contributed by atoms with Crippen LogP contribution in [0.1, 0.15) is 5.56 Å². The Labute approximate surface area is 173 Å². The number of nitrogens with zero attached hydrogens (tertiary/aromatic N) is 2. The van der Waals surface area contributed by atoms with Crippen molar-refractivity contribution >= 4 is 27.5 Å². The molecule has 0 aliphatic carbocycles. The summed E-state index contributed by atoms with van der Waals surface area (Å²) in [6.45, 7) is 1.11. The Kier molecular flexibility index (Phi) is 6.84. The van der Waals surface area contributed by atoms with Crippen LogP contribution < -0.4 is 5.32 Å². The van der Waals surface area contributed by atoms with Crippen LogP contribution in [0.3, 0.4) is 0 Å². The number of hydrogen-bond donors (Lipinski definition) is 1. The molecule has 1 N–H and O–H groups in total. The second kappa shape index (κ2) is 9.17. The summed E-state index contributed by atoms with van der Waals surface area (Å²) in [5.74, 6) is -2.43. The van der Waals surface area contributed by atoms with Gasteiger partial charge in [-0.2, -0.15) is 4.31 Å². The summed E-state index contributed by atoms with van der Waals surface area (Å²) in [5.41, 5.74) is 0.908. The van der Waals surface area contributed by atoms with E-state index >= 15 is 0 Å². The maximum Gasteiger partial charge on any atom is 0.249 e. The first-order valence-electron chi connectivity index (χ1n) is 8.95. The van der Waals surface area contributed by atoms with Crippen molar-refractivity contribution in [1.82, 2.24) is 14.5 Å². The molecule has 0 saturated carbocycles. The van der Waals surface area contributed by atoms with Gasteiger partial charge < -0.3 is 5.32 Å². The number of piperazine rings is 1. The Balaban J connectivity index is 1.52. The van der Waals surface area contributed by atoms with Gasteiger partial charge in [0.25, 0.3) is 0 Å². The first kappa shape index (κ1) is 21.6. The van der Waals surface area contributed by atoms with E-state index in [1.165, 1.54) is 0 Å². The lowest BCUT2D eigenvalue weighted by molar-refractivity contribution is -0.122. The van der Waals surface area contributed by atoms with Gasteiger partial charge in [0, 0.05) is 37.7 Å². The van der Waals surface area contributed by atoms with Gasteiger partial charge in [-0.3, -0.25) is 9.69 Å². The maximum atomic E-state index is 13.9. The average molecular weight is 444 g/mol. The van der Waals surface area contributed by atoms with E-state index < -0.39 is 26.6 Å². The summed E-state index contributed by atoms with van der Waals surface area (Å²) in [4.78, 5) is 13.0. The van der Waals surface area contributed by atoms with Gasteiger partial charge in [0.1, 0.15) is 11.6 Å².